The van der Waals surface area contributed by atoms with Gasteiger partial charge >= 0.3 is 0 Å². The van der Waals surface area contributed by atoms with Crippen LogP contribution in [0.3, 0.4) is 0 Å². The third-order valence-corrected chi connectivity index (χ3v) is 5.73. The fraction of sp³-hybridized carbons (Fsp3) is 0.733. The van der Waals surface area contributed by atoms with Gasteiger partial charge in [-0.1, -0.05) is 20.8 Å². The van der Waals surface area contributed by atoms with Gasteiger partial charge in [0, 0.05) is 44.1 Å². The Morgan fingerprint density at radius 2 is 2.10 bits per heavy atom. The average Bonchev–Trinajstić information content (AvgIpc) is 3.18. The zero-order chi connectivity index (χ0) is 15.6. The smallest absolute Gasteiger partial charge is 0.244 e. The predicted octanol–water partition coefficient (Wildman–Crippen LogP) is 2.18. The van der Waals surface area contributed by atoms with Gasteiger partial charge in [0.05, 0.1) is 0 Å². The van der Waals surface area contributed by atoms with Gasteiger partial charge in [0.15, 0.2) is 0 Å². The molecule has 0 radical (unpaired) electrons. The van der Waals surface area contributed by atoms with E-state index >= 15 is 0 Å². The summed E-state index contributed by atoms with van der Waals surface area (Å²) in [6.07, 6.45) is 4.73. The van der Waals surface area contributed by atoms with Crippen LogP contribution in [0.1, 0.15) is 45.7 Å². The molecule has 1 heterocycles. The number of nitrogens with zero attached hydrogens (tertiary/aromatic N) is 2. The summed E-state index contributed by atoms with van der Waals surface area (Å²) in [5, 5.41) is 3.36. The van der Waals surface area contributed by atoms with Crippen molar-refractivity contribution in [1.29, 1.82) is 0 Å². The van der Waals surface area contributed by atoms with Gasteiger partial charge < -0.3 is 9.88 Å². The van der Waals surface area contributed by atoms with Crippen molar-refractivity contribution in [1.82, 2.24) is 14.2 Å². The standard InChI is InChI=1S/C15H27N3O2S/c1-5-8-18-11-15(9-14(18)10-16-12(2)3)21(19,20)17(4)13-6-7-13/h9,11-13,16H,5-8,10H2,1-4H3. The zero-order valence-corrected chi connectivity index (χ0v) is 14.3. The number of sulfonamides is 1. The lowest BCUT2D eigenvalue weighted by Gasteiger charge is -2.14. The maximum absolute atomic E-state index is 12.6. The number of hydrogen-bond acceptors (Lipinski definition) is 3. The molecule has 1 aliphatic carbocycles. The van der Waals surface area contributed by atoms with Gasteiger partial charge in [-0.25, -0.2) is 8.42 Å². The first kappa shape index (κ1) is 16.5. The van der Waals surface area contributed by atoms with Crippen molar-refractivity contribution >= 4 is 10.0 Å². The van der Waals surface area contributed by atoms with Crippen LogP contribution in [-0.4, -0.2) is 36.4 Å². The quantitative estimate of drug-likeness (QED) is 0.800. The van der Waals surface area contributed by atoms with Crippen LogP contribution in [0.2, 0.25) is 0 Å². The highest BCUT2D eigenvalue weighted by Gasteiger charge is 2.35. The molecule has 0 unspecified atom stereocenters. The fourth-order valence-electron chi connectivity index (χ4n) is 2.37. The van der Waals surface area contributed by atoms with E-state index in [4.69, 9.17) is 0 Å². The minimum atomic E-state index is -3.35. The van der Waals surface area contributed by atoms with Gasteiger partial charge in [-0.05, 0) is 25.3 Å². The van der Waals surface area contributed by atoms with Crippen LogP contribution in [0.5, 0.6) is 0 Å². The average molecular weight is 313 g/mol. The van der Waals surface area contributed by atoms with E-state index in [0.29, 0.717) is 17.5 Å². The molecule has 1 saturated carbocycles. The van der Waals surface area contributed by atoms with Gasteiger partial charge in [0.2, 0.25) is 10.0 Å². The number of aromatic nitrogens is 1. The molecule has 5 nitrogen and oxygen atoms in total. The number of nitrogens with one attached hydrogen (secondary N) is 1. The Hall–Kier alpha value is -0.850. The molecule has 1 aromatic heterocycles. The molecule has 21 heavy (non-hydrogen) atoms. The molecule has 0 amide bonds. The molecule has 1 N–H and O–H groups in total. The Bertz CT molecular complexity index is 574. The lowest BCUT2D eigenvalue weighted by Crippen LogP contribution is -2.28. The first-order valence-electron chi connectivity index (χ1n) is 7.76. The van der Waals surface area contributed by atoms with Crippen LogP contribution < -0.4 is 5.32 Å². The van der Waals surface area contributed by atoms with Crippen molar-refractivity contribution in [3.05, 3.63) is 18.0 Å². The highest BCUT2D eigenvalue weighted by atomic mass is 32.2. The lowest BCUT2D eigenvalue weighted by molar-refractivity contribution is 0.464. The van der Waals surface area contributed by atoms with E-state index in [-0.39, 0.29) is 6.04 Å². The van der Waals surface area contributed by atoms with E-state index in [0.717, 1.165) is 31.5 Å². The molecule has 0 atom stereocenters. The van der Waals surface area contributed by atoms with Crippen LogP contribution in [0.25, 0.3) is 0 Å². The third-order valence-electron chi connectivity index (χ3n) is 3.85. The van der Waals surface area contributed by atoms with E-state index in [1.807, 2.05) is 6.07 Å². The summed E-state index contributed by atoms with van der Waals surface area (Å²) in [7, 11) is -1.66. The minimum Gasteiger partial charge on any atom is -0.349 e. The fourth-order valence-corrected chi connectivity index (χ4v) is 3.85. The van der Waals surface area contributed by atoms with Gasteiger partial charge in [0.1, 0.15) is 4.90 Å². The monoisotopic (exact) mass is 313 g/mol. The van der Waals surface area contributed by atoms with E-state index in [1.54, 1.807) is 13.2 Å². The molecule has 1 aromatic rings. The summed E-state index contributed by atoms with van der Waals surface area (Å²) >= 11 is 0. The molecule has 6 heteroatoms. The minimum absolute atomic E-state index is 0.196. The van der Waals surface area contributed by atoms with Gasteiger partial charge in [-0.3, -0.25) is 0 Å². The van der Waals surface area contributed by atoms with E-state index in [1.165, 1.54) is 4.31 Å². The number of aryl methyl sites for hydroxylation is 1. The van der Waals surface area contributed by atoms with E-state index in [2.05, 4.69) is 30.7 Å². The number of rotatable bonds is 8. The summed E-state index contributed by atoms with van der Waals surface area (Å²) in [5.74, 6) is 0. The largest absolute Gasteiger partial charge is 0.349 e. The Kier molecular flexibility index (Phi) is 5.11. The summed E-state index contributed by atoms with van der Waals surface area (Å²) in [4.78, 5) is 0.422. The second kappa shape index (κ2) is 6.50. The van der Waals surface area contributed by atoms with Crippen LogP contribution in [0.4, 0.5) is 0 Å². The van der Waals surface area contributed by atoms with Gasteiger partial charge in [-0.15, -0.1) is 0 Å². The van der Waals surface area contributed by atoms with Crippen molar-refractivity contribution < 1.29 is 8.42 Å². The van der Waals surface area contributed by atoms with Crippen LogP contribution in [0.15, 0.2) is 17.2 Å². The van der Waals surface area contributed by atoms with E-state index in [9.17, 15) is 8.42 Å². The van der Waals surface area contributed by atoms with Crippen LogP contribution in [0, 0.1) is 0 Å². The highest BCUT2D eigenvalue weighted by molar-refractivity contribution is 7.89. The molecule has 1 fully saturated rings. The Balaban J connectivity index is 2.25. The molecular formula is C15H27N3O2S. The Morgan fingerprint density at radius 3 is 2.62 bits per heavy atom. The maximum atomic E-state index is 12.6. The first-order chi connectivity index (χ1) is 9.86. The summed E-state index contributed by atoms with van der Waals surface area (Å²) in [6, 6.07) is 2.39. The van der Waals surface area contributed by atoms with Crippen molar-refractivity contribution in [2.24, 2.45) is 0 Å². The zero-order valence-electron chi connectivity index (χ0n) is 13.5. The van der Waals surface area contributed by atoms with E-state index < -0.39 is 10.0 Å². The molecular weight excluding hydrogens is 286 g/mol. The lowest BCUT2D eigenvalue weighted by atomic mass is 10.3. The van der Waals surface area contributed by atoms with Gasteiger partial charge in [-0.2, -0.15) is 4.31 Å². The molecule has 2 rings (SSSR count). The molecule has 0 aliphatic heterocycles. The summed E-state index contributed by atoms with van der Waals surface area (Å²) in [6.45, 7) is 7.82. The summed E-state index contributed by atoms with van der Waals surface area (Å²) in [5.41, 5.74) is 1.04. The molecule has 0 aromatic carbocycles. The van der Waals surface area contributed by atoms with Crippen molar-refractivity contribution in [3.63, 3.8) is 0 Å². The topological polar surface area (TPSA) is 54.3 Å². The van der Waals surface area contributed by atoms with Gasteiger partial charge in [0.25, 0.3) is 0 Å². The Morgan fingerprint density at radius 1 is 1.43 bits per heavy atom. The molecule has 1 aliphatic rings. The normalized spacial score (nSPS) is 16.1. The van der Waals surface area contributed by atoms with Crippen molar-refractivity contribution in [2.45, 2.75) is 70.1 Å². The molecule has 0 bridgehead atoms. The van der Waals surface area contributed by atoms with Crippen LogP contribution in [-0.2, 0) is 23.1 Å². The molecule has 0 spiro atoms. The maximum Gasteiger partial charge on any atom is 0.244 e. The summed E-state index contributed by atoms with van der Waals surface area (Å²) < 4.78 is 28.8. The Labute approximate surface area is 128 Å². The molecule has 120 valence electrons. The van der Waals surface area contributed by atoms with Crippen molar-refractivity contribution in [3.8, 4) is 0 Å². The SMILES string of the molecule is CCCn1cc(S(=O)(=O)N(C)C2CC2)cc1CNC(C)C. The van der Waals surface area contributed by atoms with Crippen molar-refractivity contribution in [2.75, 3.05) is 7.05 Å². The second-order valence-corrected chi connectivity index (χ2v) is 8.15. The second-order valence-electron chi connectivity index (χ2n) is 6.15. The first-order valence-corrected chi connectivity index (χ1v) is 9.20. The third kappa shape index (κ3) is 3.87. The van der Waals surface area contributed by atoms with Crippen LogP contribution >= 0.6 is 0 Å². The predicted molar refractivity (Wildman–Crippen MR) is 84.7 cm³/mol. The molecule has 0 saturated heterocycles. The highest BCUT2D eigenvalue weighted by Crippen LogP contribution is 2.31. The number of hydrogen-bond donors (Lipinski definition) is 1.